The zero-order valence-corrected chi connectivity index (χ0v) is 7.10. The lowest BCUT2D eigenvalue weighted by Gasteiger charge is -2.00. The molecule has 0 aliphatic rings. The minimum Gasteiger partial charge on any atom is -0.479 e. The van der Waals surface area contributed by atoms with Crippen molar-refractivity contribution in [3.05, 3.63) is 5.69 Å². The van der Waals surface area contributed by atoms with Gasteiger partial charge in [-0.15, -0.1) is 4.37 Å². The van der Waals surface area contributed by atoms with E-state index in [1.54, 1.807) is 7.11 Å². The summed E-state index contributed by atoms with van der Waals surface area (Å²) in [7, 11) is 1.61. The number of hydrogen-bond acceptors (Lipinski definition) is 4. The van der Waals surface area contributed by atoms with Crippen LogP contribution >= 0.6 is 11.7 Å². The van der Waals surface area contributed by atoms with Crippen LogP contribution in [0.3, 0.4) is 0 Å². The lowest BCUT2D eigenvalue weighted by Crippen LogP contribution is -1.92. The zero-order chi connectivity index (χ0) is 7.56. The Kier molecular flexibility index (Phi) is 2.21. The number of methoxy groups -OCH3 is 1. The first-order chi connectivity index (χ1) is 4.75. The number of nitrogens with zero attached hydrogens (tertiary/aromatic N) is 2. The molecule has 0 fully saturated rings. The third-order valence-corrected chi connectivity index (χ3v) is 1.75. The van der Waals surface area contributed by atoms with E-state index in [4.69, 9.17) is 4.74 Å². The van der Waals surface area contributed by atoms with E-state index in [0.29, 0.717) is 11.8 Å². The topological polar surface area (TPSA) is 35.0 Å². The van der Waals surface area contributed by atoms with E-state index in [1.165, 1.54) is 11.7 Å². The largest absolute Gasteiger partial charge is 0.479 e. The molecule has 0 N–H and O–H groups in total. The maximum atomic E-state index is 4.98. The molecule has 1 aromatic rings. The molecule has 0 atom stereocenters. The summed E-state index contributed by atoms with van der Waals surface area (Å²) in [6.07, 6.45) is 0. The summed E-state index contributed by atoms with van der Waals surface area (Å²) in [5.74, 6) is 1.06. The van der Waals surface area contributed by atoms with Gasteiger partial charge in [-0.05, 0) is 0 Å². The second kappa shape index (κ2) is 2.96. The van der Waals surface area contributed by atoms with Crippen molar-refractivity contribution in [1.82, 2.24) is 8.75 Å². The van der Waals surface area contributed by atoms with Gasteiger partial charge in [-0.1, -0.05) is 13.8 Å². The highest BCUT2D eigenvalue weighted by Crippen LogP contribution is 2.22. The lowest BCUT2D eigenvalue weighted by atomic mass is 10.1. The van der Waals surface area contributed by atoms with Gasteiger partial charge in [0, 0.05) is 5.92 Å². The highest BCUT2D eigenvalue weighted by atomic mass is 32.1. The van der Waals surface area contributed by atoms with Crippen LogP contribution in [0, 0.1) is 0 Å². The quantitative estimate of drug-likeness (QED) is 0.656. The summed E-state index contributed by atoms with van der Waals surface area (Å²) >= 11 is 1.19. The third-order valence-electron chi connectivity index (χ3n) is 1.22. The molecule has 1 heterocycles. The maximum absolute atomic E-state index is 4.98. The average Bonchev–Trinajstić information content (AvgIpc) is 2.33. The molecule has 4 heteroatoms. The first-order valence-electron chi connectivity index (χ1n) is 3.12. The molecule has 1 aromatic heterocycles. The summed E-state index contributed by atoms with van der Waals surface area (Å²) in [5.41, 5.74) is 0.951. The molecular weight excluding hydrogens is 148 g/mol. The van der Waals surface area contributed by atoms with Crippen LogP contribution in [-0.2, 0) is 0 Å². The van der Waals surface area contributed by atoms with Gasteiger partial charge in [-0.2, -0.15) is 4.37 Å². The van der Waals surface area contributed by atoms with Crippen LogP contribution < -0.4 is 4.74 Å². The number of ether oxygens (including phenoxy) is 1. The second-order valence-corrected chi connectivity index (χ2v) is 2.84. The van der Waals surface area contributed by atoms with E-state index in [-0.39, 0.29) is 0 Å². The fourth-order valence-corrected chi connectivity index (χ4v) is 1.34. The highest BCUT2D eigenvalue weighted by molar-refractivity contribution is 6.99. The Balaban J connectivity index is 2.90. The Morgan fingerprint density at radius 1 is 1.40 bits per heavy atom. The number of rotatable bonds is 2. The van der Waals surface area contributed by atoms with Crippen LogP contribution in [0.4, 0.5) is 0 Å². The van der Waals surface area contributed by atoms with Gasteiger partial charge < -0.3 is 4.74 Å². The Morgan fingerprint density at radius 3 is 2.50 bits per heavy atom. The fourth-order valence-electron chi connectivity index (χ4n) is 0.681. The molecule has 0 aliphatic heterocycles. The molecule has 0 spiro atoms. The summed E-state index contributed by atoms with van der Waals surface area (Å²) in [6, 6.07) is 0. The predicted octanol–water partition coefficient (Wildman–Crippen LogP) is 1.67. The standard InChI is InChI=1S/C6H10N2OS/c1-4(2)5-6(9-3)8-10-7-5/h4H,1-3H3. The molecular formula is C6H10N2OS. The van der Waals surface area contributed by atoms with E-state index >= 15 is 0 Å². The molecule has 0 unspecified atom stereocenters. The van der Waals surface area contributed by atoms with E-state index in [0.717, 1.165) is 5.69 Å². The van der Waals surface area contributed by atoms with Gasteiger partial charge in [0.25, 0.3) is 0 Å². The van der Waals surface area contributed by atoms with Gasteiger partial charge >= 0.3 is 0 Å². The molecule has 0 bridgehead atoms. The molecule has 56 valence electrons. The van der Waals surface area contributed by atoms with Crippen molar-refractivity contribution in [2.24, 2.45) is 0 Å². The third kappa shape index (κ3) is 1.26. The normalized spacial score (nSPS) is 10.4. The van der Waals surface area contributed by atoms with Crippen molar-refractivity contribution in [2.45, 2.75) is 19.8 Å². The van der Waals surface area contributed by atoms with Crippen LogP contribution in [0.15, 0.2) is 0 Å². The van der Waals surface area contributed by atoms with Crippen LogP contribution in [0.2, 0.25) is 0 Å². The number of hydrogen-bond donors (Lipinski definition) is 0. The average molecular weight is 158 g/mol. The van der Waals surface area contributed by atoms with Crippen molar-refractivity contribution >= 4 is 11.7 Å². The number of aromatic nitrogens is 2. The van der Waals surface area contributed by atoms with Crippen LogP contribution in [-0.4, -0.2) is 15.9 Å². The molecule has 0 saturated carbocycles. The molecule has 0 saturated heterocycles. The van der Waals surface area contributed by atoms with Crippen molar-refractivity contribution in [1.29, 1.82) is 0 Å². The Bertz CT molecular complexity index is 209. The van der Waals surface area contributed by atoms with Gasteiger partial charge in [-0.25, -0.2) is 0 Å². The molecule has 0 amide bonds. The lowest BCUT2D eigenvalue weighted by molar-refractivity contribution is 0.394. The van der Waals surface area contributed by atoms with Gasteiger partial charge in [0.1, 0.15) is 5.69 Å². The first-order valence-corrected chi connectivity index (χ1v) is 3.85. The fraction of sp³-hybridized carbons (Fsp3) is 0.667. The molecule has 1 rings (SSSR count). The van der Waals surface area contributed by atoms with Gasteiger partial charge in [-0.3, -0.25) is 0 Å². The van der Waals surface area contributed by atoms with Gasteiger partial charge in [0.2, 0.25) is 5.88 Å². The van der Waals surface area contributed by atoms with Crippen LogP contribution in [0.25, 0.3) is 0 Å². The predicted molar refractivity (Wildman–Crippen MR) is 40.6 cm³/mol. The molecule has 3 nitrogen and oxygen atoms in total. The maximum Gasteiger partial charge on any atom is 0.249 e. The van der Waals surface area contributed by atoms with Gasteiger partial charge in [0.05, 0.1) is 18.8 Å². The first kappa shape index (κ1) is 7.47. The molecule has 0 aromatic carbocycles. The molecule has 10 heavy (non-hydrogen) atoms. The van der Waals surface area contributed by atoms with E-state index in [2.05, 4.69) is 22.6 Å². The van der Waals surface area contributed by atoms with E-state index < -0.39 is 0 Å². The van der Waals surface area contributed by atoms with Crippen molar-refractivity contribution < 1.29 is 4.74 Å². The van der Waals surface area contributed by atoms with Crippen molar-refractivity contribution in [3.8, 4) is 5.88 Å². The SMILES string of the molecule is COc1nsnc1C(C)C. The molecule has 0 aliphatic carbocycles. The smallest absolute Gasteiger partial charge is 0.249 e. The monoisotopic (exact) mass is 158 g/mol. The minimum atomic E-state index is 0.397. The van der Waals surface area contributed by atoms with Crippen LogP contribution in [0.5, 0.6) is 5.88 Å². The van der Waals surface area contributed by atoms with E-state index in [9.17, 15) is 0 Å². The van der Waals surface area contributed by atoms with Crippen LogP contribution in [0.1, 0.15) is 25.5 Å². The molecule has 0 radical (unpaired) electrons. The Hall–Kier alpha value is -0.640. The van der Waals surface area contributed by atoms with Crippen molar-refractivity contribution in [2.75, 3.05) is 7.11 Å². The zero-order valence-electron chi connectivity index (χ0n) is 6.29. The van der Waals surface area contributed by atoms with Gasteiger partial charge in [0.15, 0.2) is 0 Å². The summed E-state index contributed by atoms with van der Waals surface area (Å²) in [5, 5.41) is 0. The second-order valence-electron chi connectivity index (χ2n) is 2.31. The summed E-state index contributed by atoms with van der Waals surface area (Å²) in [4.78, 5) is 0. The van der Waals surface area contributed by atoms with Crippen molar-refractivity contribution in [3.63, 3.8) is 0 Å². The Morgan fingerprint density at radius 2 is 2.10 bits per heavy atom. The highest BCUT2D eigenvalue weighted by Gasteiger charge is 2.10. The van der Waals surface area contributed by atoms with E-state index in [1.807, 2.05) is 0 Å². The Labute approximate surface area is 64.4 Å². The summed E-state index contributed by atoms with van der Waals surface area (Å²) < 4.78 is 13.0. The summed E-state index contributed by atoms with van der Waals surface area (Å²) in [6.45, 7) is 4.14. The minimum absolute atomic E-state index is 0.397.